The van der Waals surface area contributed by atoms with Crippen molar-refractivity contribution in [3.63, 3.8) is 0 Å². The number of H-pyrrole nitrogens is 1. The Kier molecular flexibility index (Phi) is 8.58. The van der Waals surface area contributed by atoms with E-state index >= 15 is 0 Å². The predicted molar refractivity (Wildman–Crippen MR) is 92.5 cm³/mol. The van der Waals surface area contributed by atoms with Crippen LogP contribution in [0, 0.1) is 0 Å². The van der Waals surface area contributed by atoms with E-state index in [4.69, 9.17) is 10.8 Å². The van der Waals surface area contributed by atoms with Gasteiger partial charge in [0.25, 0.3) is 0 Å². The third kappa shape index (κ3) is 7.11. The number of nitrogens with one attached hydrogen (secondary N) is 3. The van der Waals surface area contributed by atoms with E-state index in [1.54, 1.807) is 0 Å². The van der Waals surface area contributed by atoms with Crippen LogP contribution >= 0.6 is 12.6 Å². The second-order valence-electron chi connectivity index (χ2n) is 5.45. The lowest BCUT2D eigenvalue weighted by atomic mass is 10.1. The molecule has 1 heterocycles. The molecule has 0 aliphatic rings. The van der Waals surface area contributed by atoms with Crippen molar-refractivity contribution in [1.82, 2.24) is 20.6 Å². The molecular formula is C14H21N5O6S. The van der Waals surface area contributed by atoms with Crippen LogP contribution in [-0.2, 0) is 25.6 Å². The van der Waals surface area contributed by atoms with Crippen LogP contribution in [0.5, 0.6) is 0 Å². The summed E-state index contributed by atoms with van der Waals surface area (Å²) in [4.78, 5) is 52.9. The fourth-order valence-corrected chi connectivity index (χ4v) is 2.15. The molecule has 0 fully saturated rings. The molecule has 3 atom stereocenters. The highest BCUT2D eigenvalue weighted by atomic mass is 32.1. The number of rotatable bonds is 11. The zero-order chi connectivity index (χ0) is 19.7. The van der Waals surface area contributed by atoms with Crippen LogP contribution in [0.25, 0.3) is 0 Å². The van der Waals surface area contributed by atoms with Gasteiger partial charge in [-0.2, -0.15) is 12.6 Å². The van der Waals surface area contributed by atoms with Gasteiger partial charge in [-0.1, -0.05) is 0 Å². The van der Waals surface area contributed by atoms with Crippen LogP contribution in [0.4, 0.5) is 0 Å². The Hall–Kier alpha value is -2.60. The molecule has 1 rings (SSSR count). The zero-order valence-electron chi connectivity index (χ0n) is 13.7. The van der Waals surface area contributed by atoms with Crippen LogP contribution in [0.1, 0.15) is 18.5 Å². The highest BCUT2D eigenvalue weighted by Crippen LogP contribution is 2.03. The van der Waals surface area contributed by atoms with Crippen molar-refractivity contribution < 1.29 is 29.4 Å². The number of nitrogens with two attached hydrogens (primary N) is 1. The van der Waals surface area contributed by atoms with E-state index in [-0.39, 0.29) is 18.6 Å². The Morgan fingerprint density at radius 1 is 1.19 bits per heavy atom. The van der Waals surface area contributed by atoms with E-state index in [2.05, 4.69) is 33.2 Å². The van der Waals surface area contributed by atoms with Gasteiger partial charge < -0.3 is 31.6 Å². The normalized spacial score (nSPS) is 14.1. The Morgan fingerprint density at radius 3 is 2.35 bits per heavy atom. The van der Waals surface area contributed by atoms with Crippen molar-refractivity contribution >= 4 is 36.4 Å². The molecule has 144 valence electrons. The third-order valence-electron chi connectivity index (χ3n) is 3.40. The second-order valence-corrected chi connectivity index (χ2v) is 5.81. The number of thiol groups is 1. The van der Waals surface area contributed by atoms with Gasteiger partial charge in [0.05, 0.1) is 18.1 Å². The molecule has 0 unspecified atom stereocenters. The third-order valence-corrected chi connectivity index (χ3v) is 3.79. The van der Waals surface area contributed by atoms with Crippen molar-refractivity contribution in [3.05, 3.63) is 18.2 Å². The van der Waals surface area contributed by atoms with Crippen LogP contribution in [0.3, 0.4) is 0 Å². The molecule has 1 aromatic rings. The first-order chi connectivity index (χ1) is 12.2. The van der Waals surface area contributed by atoms with Crippen LogP contribution in [-0.4, -0.2) is 67.8 Å². The highest BCUT2D eigenvalue weighted by molar-refractivity contribution is 7.80. The summed E-state index contributed by atoms with van der Waals surface area (Å²) in [7, 11) is 0. The number of carbonyl (C=O) groups is 4. The largest absolute Gasteiger partial charge is 0.481 e. The van der Waals surface area contributed by atoms with E-state index in [0.717, 1.165) is 0 Å². The summed E-state index contributed by atoms with van der Waals surface area (Å²) < 4.78 is 0. The standard InChI is InChI=1S/C14H21N5O6S/c15-8(5-26)12(22)18-9(1-2-11(20)21)13(23)19-10(14(24)25)3-7-4-16-6-17-7/h4,6,8-10,26H,1-3,5,15H2,(H,16,17)(H,18,22)(H,19,23)(H,20,21)(H,24,25)/t8-,9-,10-/m0/s1. The predicted octanol–water partition coefficient (Wildman–Crippen LogP) is -1.87. The maximum absolute atomic E-state index is 12.4. The lowest BCUT2D eigenvalue weighted by molar-refractivity contribution is -0.143. The Balaban J connectivity index is 2.81. The van der Waals surface area contributed by atoms with Gasteiger partial charge in [0.15, 0.2) is 0 Å². The summed E-state index contributed by atoms with van der Waals surface area (Å²) in [6.45, 7) is 0. The van der Waals surface area contributed by atoms with E-state index in [0.29, 0.717) is 5.69 Å². The maximum Gasteiger partial charge on any atom is 0.326 e. The molecule has 7 N–H and O–H groups in total. The van der Waals surface area contributed by atoms with Gasteiger partial charge >= 0.3 is 11.9 Å². The first-order valence-electron chi connectivity index (χ1n) is 7.64. The van der Waals surface area contributed by atoms with Gasteiger partial charge in [0.2, 0.25) is 11.8 Å². The molecule has 2 amide bonds. The lowest BCUT2D eigenvalue weighted by Gasteiger charge is -2.22. The number of carbonyl (C=O) groups excluding carboxylic acids is 2. The first-order valence-corrected chi connectivity index (χ1v) is 8.27. The molecule has 0 radical (unpaired) electrons. The molecule has 1 aromatic heterocycles. The minimum atomic E-state index is -1.30. The van der Waals surface area contributed by atoms with E-state index in [1.807, 2.05) is 0 Å². The average molecular weight is 387 g/mol. The SMILES string of the molecule is N[C@@H](CS)C(=O)N[C@@H](CCC(=O)O)C(=O)N[C@@H](Cc1c[nH]cn1)C(=O)O. The zero-order valence-corrected chi connectivity index (χ0v) is 14.6. The van der Waals surface area contributed by atoms with Crippen molar-refractivity contribution in [2.24, 2.45) is 5.73 Å². The van der Waals surface area contributed by atoms with Crippen LogP contribution in [0.2, 0.25) is 0 Å². The van der Waals surface area contributed by atoms with E-state index < -0.39 is 48.3 Å². The highest BCUT2D eigenvalue weighted by Gasteiger charge is 2.28. The molecule has 0 spiro atoms. The summed E-state index contributed by atoms with van der Waals surface area (Å²) in [5, 5.41) is 22.7. The molecule has 0 bridgehead atoms. The number of hydrogen-bond donors (Lipinski definition) is 7. The molecule has 0 aliphatic carbocycles. The number of carboxylic acid groups (broad SMARTS) is 2. The van der Waals surface area contributed by atoms with Crippen LogP contribution < -0.4 is 16.4 Å². The first kappa shape index (κ1) is 21.4. The molecule has 12 heteroatoms. The number of carboxylic acids is 2. The van der Waals surface area contributed by atoms with Gasteiger partial charge in [0.1, 0.15) is 12.1 Å². The summed E-state index contributed by atoms with van der Waals surface area (Å²) in [6, 6.07) is -3.53. The molecule has 0 saturated heterocycles. The van der Waals surface area contributed by atoms with E-state index in [1.165, 1.54) is 12.5 Å². The van der Waals surface area contributed by atoms with Crippen molar-refractivity contribution in [1.29, 1.82) is 0 Å². The quantitative estimate of drug-likeness (QED) is 0.215. The Bertz CT molecular complexity index is 638. The number of hydrogen-bond acceptors (Lipinski definition) is 7. The second kappa shape index (κ2) is 10.4. The monoisotopic (exact) mass is 387 g/mol. The van der Waals surface area contributed by atoms with Crippen molar-refractivity contribution in [2.75, 3.05) is 5.75 Å². The van der Waals surface area contributed by atoms with Gasteiger partial charge in [-0.3, -0.25) is 14.4 Å². The minimum absolute atomic E-state index is 0.0238. The smallest absolute Gasteiger partial charge is 0.326 e. The van der Waals surface area contributed by atoms with Gasteiger partial charge in [-0.25, -0.2) is 9.78 Å². The number of imidazole rings is 1. The molecule has 0 aliphatic heterocycles. The number of amides is 2. The lowest BCUT2D eigenvalue weighted by Crippen LogP contribution is -2.55. The van der Waals surface area contributed by atoms with Gasteiger partial charge in [-0.15, -0.1) is 0 Å². The minimum Gasteiger partial charge on any atom is -0.481 e. The molecule has 11 nitrogen and oxygen atoms in total. The number of aromatic nitrogens is 2. The van der Waals surface area contributed by atoms with E-state index in [9.17, 15) is 24.3 Å². The summed E-state index contributed by atoms with van der Waals surface area (Å²) in [5.41, 5.74) is 5.94. The number of aromatic amines is 1. The number of nitrogens with zero attached hydrogens (tertiary/aromatic N) is 1. The van der Waals surface area contributed by atoms with Crippen molar-refractivity contribution in [2.45, 2.75) is 37.4 Å². The molecule has 0 saturated carbocycles. The maximum atomic E-state index is 12.4. The fraction of sp³-hybridized carbons (Fsp3) is 0.500. The Morgan fingerprint density at radius 2 is 1.85 bits per heavy atom. The van der Waals surface area contributed by atoms with Crippen LogP contribution in [0.15, 0.2) is 12.5 Å². The summed E-state index contributed by atoms with van der Waals surface area (Å²) in [5.74, 6) is -3.95. The molecule has 26 heavy (non-hydrogen) atoms. The number of aliphatic carboxylic acids is 2. The fourth-order valence-electron chi connectivity index (χ4n) is 1.98. The van der Waals surface area contributed by atoms with Gasteiger partial charge in [-0.05, 0) is 6.42 Å². The topological polar surface area (TPSA) is 187 Å². The van der Waals surface area contributed by atoms with Gasteiger partial charge in [0, 0.05) is 24.8 Å². The molecular weight excluding hydrogens is 366 g/mol. The average Bonchev–Trinajstić information content (AvgIpc) is 3.09. The molecule has 0 aromatic carbocycles. The summed E-state index contributed by atoms with van der Waals surface area (Å²) in [6.07, 6.45) is 2.15. The van der Waals surface area contributed by atoms with Crippen molar-refractivity contribution in [3.8, 4) is 0 Å². The summed E-state index contributed by atoms with van der Waals surface area (Å²) >= 11 is 3.88. The Labute approximate surface area is 154 Å².